The fourth-order valence-electron chi connectivity index (χ4n) is 1.07. The monoisotopic (exact) mass is 337 g/mol. The number of hydrogen-bond donors (Lipinski definition) is 0. The van der Waals surface area contributed by atoms with Crippen LogP contribution in [0.4, 0.5) is 0 Å². The molecule has 0 bridgehead atoms. The van der Waals surface area contributed by atoms with Crippen molar-refractivity contribution in [1.82, 2.24) is 4.31 Å². The summed E-state index contributed by atoms with van der Waals surface area (Å²) in [5.74, 6) is 0. The highest BCUT2D eigenvalue weighted by molar-refractivity contribution is 14.1. The fourth-order valence-corrected chi connectivity index (χ4v) is 2.57. The number of sulfonamides is 1. The molecule has 0 radical (unpaired) electrons. The van der Waals surface area contributed by atoms with Gasteiger partial charge in [0.15, 0.2) is 0 Å². The lowest BCUT2D eigenvalue weighted by Crippen LogP contribution is -2.26. The van der Waals surface area contributed by atoms with Crippen molar-refractivity contribution in [1.29, 1.82) is 0 Å². The van der Waals surface area contributed by atoms with E-state index in [-0.39, 0.29) is 0 Å². The molecule has 0 saturated carbocycles. The topological polar surface area (TPSA) is 37.4 Å². The lowest BCUT2D eigenvalue weighted by molar-refractivity contribution is 0.499. The molecule has 15 heavy (non-hydrogen) atoms. The Bertz CT molecular complexity index is 439. The molecule has 0 aliphatic carbocycles. The van der Waals surface area contributed by atoms with Gasteiger partial charge in [0.2, 0.25) is 10.0 Å². The molecule has 0 aliphatic heterocycles. The molecule has 0 aliphatic rings. The summed E-state index contributed by atoms with van der Waals surface area (Å²) < 4.78 is 26.1. The van der Waals surface area contributed by atoms with Gasteiger partial charge < -0.3 is 0 Å². The molecule has 1 aromatic rings. The van der Waals surface area contributed by atoms with E-state index in [1.807, 2.05) is 0 Å². The molecule has 82 valence electrons. The van der Waals surface area contributed by atoms with Gasteiger partial charge in [0.25, 0.3) is 0 Å². The Balaban J connectivity index is 3.06. The van der Waals surface area contributed by atoms with Crippen LogP contribution in [0.5, 0.6) is 0 Å². The van der Waals surface area contributed by atoms with Crippen LogP contribution < -0.4 is 0 Å². The van der Waals surface area contributed by atoms with Crippen molar-refractivity contribution < 1.29 is 8.42 Å². The molecule has 0 heterocycles. The minimum Gasteiger partial charge on any atom is -0.207 e. The van der Waals surface area contributed by atoms with Gasteiger partial charge in [-0.2, -0.15) is 4.31 Å². The van der Waals surface area contributed by atoms with E-state index in [2.05, 4.69) is 29.2 Å². The SMILES string of the molecule is C=CCN(C)S(=O)(=O)c1ccc(I)cc1. The first-order chi connectivity index (χ1) is 6.98. The molecule has 1 rings (SSSR count). The minimum atomic E-state index is -3.36. The molecule has 0 saturated heterocycles. The van der Waals surface area contributed by atoms with Crippen molar-refractivity contribution in [2.75, 3.05) is 13.6 Å². The molecular weight excluding hydrogens is 325 g/mol. The number of benzene rings is 1. The number of halogens is 1. The van der Waals surface area contributed by atoms with Gasteiger partial charge in [-0.1, -0.05) is 6.08 Å². The Morgan fingerprint density at radius 2 is 1.93 bits per heavy atom. The lowest BCUT2D eigenvalue weighted by Gasteiger charge is -2.14. The van der Waals surface area contributed by atoms with E-state index >= 15 is 0 Å². The van der Waals surface area contributed by atoms with E-state index in [0.717, 1.165) is 3.57 Å². The second kappa shape index (κ2) is 5.09. The summed E-state index contributed by atoms with van der Waals surface area (Å²) in [7, 11) is -1.82. The van der Waals surface area contributed by atoms with Crippen LogP contribution in [0.3, 0.4) is 0 Å². The predicted molar refractivity (Wildman–Crippen MR) is 69.2 cm³/mol. The third kappa shape index (κ3) is 3.02. The van der Waals surface area contributed by atoms with Crippen LogP contribution in [0.1, 0.15) is 0 Å². The van der Waals surface area contributed by atoms with Crippen molar-refractivity contribution in [2.24, 2.45) is 0 Å². The summed E-state index contributed by atoms with van der Waals surface area (Å²) in [4.78, 5) is 0.312. The van der Waals surface area contributed by atoms with E-state index in [1.54, 1.807) is 30.3 Å². The summed E-state index contributed by atoms with van der Waals surface area (Å²) in [6, 6.07) is 6.76. The van der Waals surface area contributed by atoms with Crippen molar-refractivity contribution in [3.8, 4) is 0 Å². The molecule has 0 atom stereocenters. The lowest BCUT2D eigenvalue weighted by atomic mass is 10.4. The van der Waals surface area contributed by atoms with Crippen LogP contribution in [0.2, 0.25) is 0 Å². The summed E-state index contributed by atoms with van der Waals surface area (Å²) in [6.45, 7) is 3.83. The smallest absolute Gasteiger partial charge is 0.207 e. The zero-order chi connectivity index (χ0) is 11.5. The molecule has 0 spiro atoms. The fraction of sp³-hybridized carbons (Fsp3) is 0.200. The van der Waals surface area contributed by atoms with E-state index in [0.29, 0.717) is 11.4 Å². The van der Waals surface area contributed by atoms with Gasteiger partial charge in [0, 0.05) is 17.2 Å². The van der Waals surface area contributed by atoms with Crippen molar-refractivity contribution >= 4 is 32.6 Å². The quantitative estimate of drug-likeness (QED) is 0.623. The van der Waals surface area contributed by atoms with Crippen LogP contribution in [0.25, 0.3) is 0 Å². The van der Waals surface area contributed by atoms with Gasteiger partial charge in [0.1, 0.15) is 0 Å². The Hall–Kier alpha value is -0.400. The number of likely N-dealkylation sites (N-methyl/N-ethyl adjacent to an activating group) is 1. The summed E-state index contributed by atoms with van der Waals surface area (Å²) in [5, 5.41) is 0. The maximum Gasteiger partial charge on any atom is 0.243 e. The van der Waals surface area contributed by atoms with Crippen LogP contribution in [0.15, 0.2) is 41.8 Å². The summed E-state index contributed by atoms with van der Waals surface area (Å²) >= 11 is 2.13. The summed E-state index contributed by atoms with van der Waals surface area (Å²) in [6.07, 6.45) is 1.56. The first kappa shape index (κ1) is 12.7. The maximum absolute atomic E-state index is 11.9. The van der Waals surface area contributed by atoms with Crippen LogP contribution in [-0.2, 0) is 10.0 Å². The summed E-state index contributed by atoms with van der Waals surface area (Å²) in [5.41, 5.74) is 0. The van der Waals surface area contributed by atoms with Gasteiger partial charge in [-0.05, 0) is 46.9 Å². The average Bonchev–Trinajstić information content (AvgIpc) is 2.18. The van der Waals surface area contributed by atoms with Crippen LogP contribution >= 0.6 is 22.6 Å². The highest BCUT2D eigenvalue weighted by atomic mass is 127. The molecule has 0 amide bonds. The van der Waals surface area contributed by atoms with Crippen LogP contribution in [-0.4, -0.2) is 26.3 Å². The van der Waals surface area contributed by atoms with Gasteiger partial charge in [-0.3, -0.25) is 0 Å². The highest BCUT2D eigenvalue weighted by Crippen LogP contribution is 2.15. The normalized spacial score (nSPS) is 11.7. The largest absolute Gasteiger partial charge is 0.243 e. The maximum atomic E-state index is 11.9. The van der Waals surface area contributed by atoms with Gasteiger partial charge in [-0.25, -0.2) is 8.42 Å². The molecule has 0 N–H and O–H groups in total. The first-order valence-corrected chi connectivity index (χ1v) is 6.83. The molecule has 0 fully saturated rings. The van der Waals surface area contributed by atoms with Crippen molar-refractivity contribution in [2.45, 2.75) is 4.90 Å². The molecular formula is C10H12INO2S. The van der Waals surface area contributed by atoms with Gasteiger partial charge in [0.05, 0.1) is 4.90 Å². The highest BCUT2D eigenvalue weighted by Gasteiger charge is 2.18. The molecule has 0 unspecified atom stereocenters. The zero-order valence-electron chi connectivity index (χ0n) is 8.35. The molecule has 5 heteroatoms. The predicted octanol–water partition coefficient (Wildman–Crippen LogP) is 2.10. The Kier molecular flexibility index (Phi) is 4.30. The zero-order valence-corrected chi connectivity index (χ0v) is 11.3. The average molecular weight is 337 g/mol. The minimum absolute atomic E-state index is 0.312. The Morgan fingerprint density at radius 1 is 1.40 bits per heavy atom. The Morgan fingerprint density at radius 3 is 2.40 bits per heavy atom. The third-order valence-corrected chi connectivity index (χ3v) is 4.46. The van der Waals surface area contributed by atoms with E-state index in [1.165, 1.54) is 11.4 Å². The van der Waals surface area contributed by atoms with Gasteiger partial charge in [-0.15, -0.1) is 6.58 Å². The van der Waals surface area contributed by atoms with Crippen LogP contribution in [0, 0.1) is 3.57 Å². The van der Waals surface area contributed by atoms with Crippen molar-refractivity contribution in [3.63, 3.8) is 0 Å². The standard InChI is InChI=1S/C10H12INO2S/c1-3-8-12(2)15(13,14)10-6-4-9(11)5-7-10/h3-7H,1,8H2,2H3. The van der Waals surface area contributed by atoms with E-state index in [4.69, 9.17) is 0 Å². The molecule has 0 aromatic heterocycles. The number of nitrogens with zero attached hydrogens (tertiary/aromatic N) is 1. The van der Waals surface area contributed by atoms with Gasteiger partial charge >= 0.3 is 0 Å². The second-order valence-electron chi connectivity index (χ2n) is 3.03. The molecule has 1 aromatic carbocycles. The molecule has 3 nitrogen and oxygen atoms in total. The number of hydrogen-bond acceptors (Lipinski definition) is 2. The second-order valence-corrected chi connectivity index (χ2v) is 6.32. The van der Waals surface area contributed by atoms with Crippen molar-refractivity contribution in [3.05, 3.63) is 40.5 Å². The first-order valence-electron chi connectivity index (χ1n) is 4.31. The third-order valence-electron chi connectivity index (χ3n) is 1.91. The Labute approximate surface area is 104 Å². The van der Waals surface area contributed by atoms with E-state index in [9.17, 15) is 8.42 Å². The van der Waals surface area contributed by atoms with E-state index < -0.39 is 10.0 Å². The number of rotatable bonds is 4.